The van der Waals surface area contributed by atoms with Crippen LogP contribution >= 0.6 is 0 Å². The number of ether oxygens (including phenoxy) is 3. The van der Waals surface area contributed by atoms with Gasteiger partial charge in [0.15, 0.2) is 28.5 Å². The number of aromatic nitrogens is 3. The van der Waals surface area contributed by atoms with Gasteiger partial charge in [0.1, 0.15) is 17.1 Å². The zero-order valence-electron chi connectivity index (χ0n) is 20.2. The lowest BCUT2D eigenvalue weighted by Crippen LogP contribution is -2.17. The fraction of sp³-hybridized carbons (Fsp3) is 0.200. The smallest absolute Gasteiger partial charge is 0.493 e. The molecule has 4 rings (SSSR count). The summed E-state index contributed by atoms with van der Waals surface area (Å²) >= 11 is 0. The van der Waals surface area contributed by atoms with Crippen LogP contribution in [0.4, 0.5) is 26.3 Å². The van der Waals surface area contributed by atoms with E-state index >= 15 is 0 Å². The summed E-state index contributed by atoms with van der Waals surface area (Å²) in [5, 5.41) is -0.0547. The maximum absolute atomic E-state index is 13.7. The first-order valence-corrected chi connectivity index (χ1v) is 10.9. The number of rotatable bonds is 6. The second-order valence-corrected chi connectivity index (χ2v) is 8.12. The average Bonchev–Trinajstić information content (AvgIpc) is 2.82. The number of aromatic amines is 1. The molecule has 1 aromatic carbocycles. The van der Waals surface area contributed by atoms with Crippen molar-refractivity contribution in [3.8, 4) is 34.3 Å². The van der Waals surface area contributed by atoms with E-state index in [9.17, 15) is 35.9 Å². The molecule has 0 radical (unpaired) electrons. The summed E-state index contributed by atoms with van der Waals surface area (Å²) in [6.07, 6.45) is -7.82. The molecule has 8 nitrogen and oxygen atoms in total. The van der Waals surface area contributed by atoms with Crippen LogP contribution in [0.15, 0.2) is 47.5 Å². The number of alkyl halides is 6. The van der Waals surface area contributed by atoms with E-state index in [2.05, 4.69) is 19.7 Å². The largest absolute Gasteiger partial charge is 0.573 e. The van der Waals surface area contributed by atoms with Gasteiger partial charge in [0, 0.05) is 30.8 Å². The molecule has 0 spiro atoms. The van der Waals surface area contributed by atoms with Crippen LogP contribution in [-0.4, -0.2) is 34.2 Å². The van der Waals surface area contributed by atoms with E-state index in [0.717, 1.165) is 44.5 Å². The summed E-state index contributed by atoms with van der Waals surface area (Å²) in [7, 11) is 1.14. The Morgan fingerprint density at radius 1 is 0.974 bits per heavy atom. The zero-order chi connectivity index (χ0) is 28.7. The van der Waals surface area contributed by atoms with Gasteiger partial charge in [-0.15, -0.1) is 13.2 Å². The third kappa shape index (κ3) is 5.63. The van der Waals surface area contributed by atoms with E-state index in [1.165, 1.54) is 19.2 Å². The Bertz CT molecular complexity index is 1650. The van der Waals surface area contributed by atoms with Crippen molar-refractivity contribution < 1.29 is 45.3 Å². The minimum absolute atomic E-state index is 0.0547. The Balaban J connectivity index is 1.92. The molecule has 0 aliphatic rings. The van der Waals surface area contributed by atoms with Gasteiger partial charge in [0.05, 0.1) is 29.9 Å². The number of hydrogen-bond donors (Lipinski definition) is 1. The molecule has 14 heteroatoms. The number of fused-ring (bicyclic) bond motifs is 1. The first-order valence-electron chi connectivity index (χ1n) is 10.9. The van der Waals surface area contributed by atoms with Crippen molar-refractivity contribution in [2.75, 3.05) is 7.11 Å². The number of halogens is 6. The normalized spacial score (nSPS) is 11.9. The number of benzene rings is 1. The van der Waals surface area contributed by atoms with Crippen LogP contribution < -0.4 is 19.6 Å². The van der Waals surface area contributed by atoms with Crippen LogP contribution in [-0.2, 0) is 6.18 Å². The molecule has 3 heterocycles. The van der Waals surface area contributed by atoms with Gasteiger partial charge in [-0.1, -0.05) is 0 Å². The minimum atomic E-state index is -4.98. The summed E-state index contributed by atoms with van der Waals surface area (Å²) in [5.74, 6) is -1.81. The highest BCUT2D eigenvalue weighted by molar-refractivity contribution is 6.04. The van der Waals surface area contributed by atoms with E-state index in [4.69, 9.17) is 9.47 Å². The fourth-order valence-corrected chi connectivity index (χ4v) is 3.93. The van der Waals surface area contributed by atoms with Gasteiger partial charge in [-0.05, 0) is 30.7 Å². The summed E-state index contributed by atoms with van der Waals surface area (Å²) < 4.78 is 93.7. The van der Waals surface area contributed by atoms with Gasteiger partial charge in [0.25, 0.3) is 0 Å². The number of carbonyl (C=O) groups is 1. The number of carbonyl (C=O) groups excluding carboxylic acids is 1. The van der Waals surface area contributed by atoms with Crippen molar-refractivity contribution in [2.24, 2.45) is 0 Å². The van der Waals surface area contributed by atoms with Gasteiger partial charge in [-0.3, -0.25) is 14.6 Å². The lowest BCUT2D eigenvalue weighted by Gasteiger charge is -2.19. The quantitative estimate of drug-likeness (QED) is 0.224. The molecule has 0 atom stereocenters. The standard InChI is InChI=1S/C25H17F6N3O5/c1-11-20(15-9-16(36)21-14(34-15)6-7-32-22(21)12(2)35)19(10-33-23(11)24(26,27)28)38-17-5-4-13(8-18(17)37-3)39-25(29,30)31/h4-10H,1-3H3,(H,34,36). The number of nitrogens with one attached hydrogen (secondary N) is 1. The van der Waals surface area contributed by atoms with Crippen LogP contribution in [0.2, 0.25) is 0 Å². The van der Waals surface area contributed by atoms with Crippen molar-refractivity contribution in [3.05, 3.63) is 69.9 Å². The molecule has 0 unspecified atom stereocenters. The molecule has 0 aliphatic carbocycles. The predicted octanol–water partition coefficient (Wildman–Crippen LogP) is 6.21. The Morgan fingerprint density at radius 2 is 1.69 bits per heavy atom. The minimum Gasteiger partial charge on any atom is -0.493 e. The van der Waals surface area contributed by atoms with Crippen LogP contribution in [0.3, 0.4) is 0 Å². The van der Waals surface area contributed by atoms with Crippen molar-refractivity contribution in [1.82, 2.24) is 15.0 Å². The Morgan fingerprint density at radius 3 is 2.31 bits per heavy atom. The lowest BCUT2D eigenvalue weighted by atomic mass is 10.0. The van der Waals surface area contributed by atoms with Crippen LogP contribution in [0.25, 0.3) is 22.2 Å². The van der Waals surface area contributed by atoms with Gasteiger partial charge >= 0.3 is 12.5 Å². The number of pyridine rings is 3. The van der Waals surface area contributed by atoms with Gasteiger partial charge in [-0.25, -0.2) is 4.98 Å². The second-order valence-electron chi connectivity index (χ2n) is 8.12. The lowest BCUT2D eigenvalue weighted by molar-refractivity contribution is -0.274. The molecule has 0 bridgehead atoms. The highest BCUT2D eigenvalue weighted by atomic mass is 19.4. The predicted molar refractivity (Wildman–Crippen MR) is 125 cm³/mol. The van der Waals surface area contributed by atoms with E-state index in [1.807, 2.05) is 0 Å². The molecule has 4 aromatic rings. The average molecular weight is 553 g/mol. The molecule has 0 aliphatic heterocycles. The first kappa shape index (κ1) is 27.4. The van der Waals surface area contributed by atoms with Gasteiger partial charge in [-0.2, -0.15) is 13.2 Å². The summed E-state index contributed by atoms with van der Waals surface area (Å²) in [6, 6.07) is 5.22. The second kappa shape index (κ2) is 9.93. The topological polar surface area (TPSA) is 103 Å². The molecule has 0 amide bonds. The zero-order valence-corrected chi connectivity index (χ0v) is 20.2. The molecule has 0 fully saturated rings. The molecule has 39 heavy (non-hydrogen) atoms. The first-order chi connectivity index (χ1) is 18.2. The maximum atomic E-state index is 13.7. The van der Waals surface area contributed by atoms with Crippen molar-refractivity contribution in [1.29, 1.82) is 0 Å². The van der Waals surface area contributed by atoms with Crippen LogP contribution in [0.1, 0.15) is 28.7 Å². The van der Waals surface area contributed by atoms with E-state index in [0.29, 0.717) is 0 Å². The summed E-state index contributed by atoms with van der Waals surface area (Å²) in [5.41, 5.74) is -2.68. The Kier molecular flexibility index (Phi) is 6.98. The molecule has 0 saturated carbocycles. The fourth-order valence-electron chi connectivity index (χ4n) is 3.93. The number of hydrogen-bond acceptors (Lipinski definition) is 7. The van der Waals surface area contributed by atoms with Crippen molar-refractivity contribution in [3.63, 3.8) is 0 Å². The molecule has 1 N–H and O–H groups in total. The number of H-pyrrole nitrogens is 1. The molecular weight excluding hydrogens is 536 g/mol. The third-order valence-electron chi connectivity index (χ3n) is 5.49. The Labute approximate surface area is 215 Å². The van der Waals surface area contributed by atoms with Gasteiger partial charge in [0.2, 0.25) is 0 Å². The number of nitrogens with zero attached hydrogens (tertiary/aromatic N) is 2. The SMILES string of the molecule is COc1cc(OC(F)(F)F)ccc1Oc1cnc(C(F)(F)F)c(C)c1-c1cc(=O)c2c(C(C)=O)nccc2[nH]1. The van der Waals surface area contributed by atoms with Crippen LogP contribution in [0.5, 0.6) is 23.0 Å². The number of ketones is 1. The monoisotopic (exact) mass is 553 g/mol. The molecular formula is C25H17F6N3O5. The summed E-state index contributed by atoms with van der Waals surface area (Å²) in [6.45, 7) is 2.33. The van der Waals surface area contributed by atoms with Crippen molar-refractivity contribution >= 4 is 16.7 Å². The summed E-state index contributed by atoms with van der Waals surface area (Å²) in [4.78, 5) is 35.2. The Hall–Kier alpha value is -4.62. The number of Topliss-reactive ketones (excluding diaryl/α,β-unsaturated/α-hetero) is 1. The van der Waals surface area contributed by atoms with Crippen LogP contribution in [0, 0.1) is 6.92 Å². The molecule has 204 valence electrons. The van der Waals surface area contributed by atoms with Gasteiger partial charge < -0.3 is 19.2 Å². The third-order valence-corrected chi connectivity index (χ3v) is 5.49. The maximum Gasteiger partial charge on any atom is 0.573 e. The molecule has 3 aromatic heterocycles. The highest BCUT2D eigenvalue weighted by Crippen LogP contribution is 2.43. The highest BCUT2D eigenvalue weighted by Gasteiger charge is 2.37. The number of methoxy groups -OCH3 is 1. The molecule has 0 saturated heterocycles. The van der Waals surface area contributed by atoms with E-state index < -0.39 is 40.8 Å². The van der Waals surface area contributed by atoms with Crippen molar-refractivity contribution in [2.45, 2.75) is 26.4 Å². The van der Waals surface area contributed by atoms with E-state index in [1.54, 1.807) is 0 Å². The van der Waals surface area contributed by atoms with E-state index in [-0.39, 0.29) is 45.1 Å².